The highest BCUT2D eigenvalue weighted by molar-refractivity contribution is 5.77. The molecule has 1 fully saturated rings. The lowest BCUT2D eigenvalue weighted by Gasteiger charge is -2.09. The summed E-state index contributed by atoms with van der Waals surface area (Å²) >= 11 is 0. The normalized spacial score (nSPS) is 20.6. The van der Waals surface area contributed by atoms with Crippen LogP contribution in [0, 0.1) is 5.92 Å². The molecular weight excluding hydrogens is 230 g/mol. The monoisotopic (exact) mass is 257 g/mol. The molecule has 1 saturated heterocycles. The second-order valence-corrected chi connectivity index (χ2v) is 5.09. The third-order valence-electron chi connectivity index (χ3n) is 2.85. The van der Waals surface area contributed by atoms with Crippen molar-refractivity contribution in [3.05, 3.63) is 0 Å². The van der Waals surface area contributed by atoms with Crippen LogP contribution in [0.4, 0.5) is 0 Å². The van der Waals surface area contributed by atoms with Crippen molar-refractivity contribution in [3.8, 4) is 0 Å². The molecule has 3 N–H and O–H groups in total. The van der Waals surface area contributed by atoms with Crippen molar-refractivity contribution < 1.29 is 9.47 Å². The molecule has 1 rings (SSSR count). The summed E-state index contributed by atoms with van der Waals surface area (Å²) in [5, 5.41) is 3.11. The van der Waals surface area contributed by atoms with Crippen LogP contribution in [0.1, 0.15) is 33.1 Å². The number of nitrogens with one attached hydrogen (secondary N) is 1. The molecule has 0 amide bonds. The standard InChI is InChI=1S/C13H27N3O2/c1-11(2)4-7-16-13(14)15-6-3-8-18-12-5-9-17-10-12/h11-12H,3-10H2,1-2H3,(H3,14,15,16). The fourth-order valence-electron chi connectivity index (χ4n) is 1.70. The summed E-state index contributed by atoms with van der Waals surface area (Å²) < 4.78 is 10.9. The summed E-state index contributed by atoms with van der Waals surface area (Å²) in [6, 6.07) is 0. The second kappa shape index (κ2) is 9.16. The molecule has 0 spiro atoms. The molecule has 0 aromatic heterocycles. The van der Waals surface area contributed by atoms with Crippen molar-refractivity contribution in [2.24, 2.45) is 16.6 Å². The molecule has 18 heavy (non-hydrogen) atoms. The van der Waals surface area contributed by atoms with E-state index in [1.165, 1.54) is 0 Å². The molecule has 5 heteroatoms. The molecule has 0 aromatic carbocycles. The van der Waals surface area contributed by atoms with E-state index in [-0.39, 0.29) is 6.10 Å². The van der Waals surface area contributed by atoms with Crippen molar-refractivity contribution in [1.82, 2.24) is 5.32 Å². The minimum absolute atomic E-state index is 0.287. The minimum atomic E-state index is 0.287. The van der Waals surface area contributed by atoms with Gasteiger partial charge in [-0.2, -0.15) is 0 Å². The van der Waals surface area contributed by atoms with Gasteiger partial charge in [0.2, 0.25) is 0 Å². The summed E-state index contributed by atoms with van der Waals surface area (Å²) in [6.07, 6.45) is 3.32. The lowest BCUT2D eigenvalue weighted by molar-refractivity contribution is 0.0424. The van der Waals surface area contributed by atoms with Crippen LogP contribution in [0.3, 0.4) is 0 Å². The topological polar surface area (TPSA) is 68.9 Å². The van der Waals surface area contributed by atoms with Gasteiger partial charge in [-0.25, -0.2) is 0 Å². The van der Waals surface area contributed by atoms with E-state index in [1.54, 1.807) is 0 Å². The summed E-state index contributed by atoms with van der Waals surface area (Å²) in [7, 11) is 0. The maximum atomic E-state index is 5.74. The van der Waals surface area contributed by atoms with Crippen LogP contribution in [-0.4, -0.2) is 45.0 Å². The number of nitrogens with zero attached hydrogens (tertiary/aromatic N) is 1. The molecule has 1 heterocycles. The first-order valence-electron chi connectivity index (χ1n) is 6.91. The third-order valence-corrected chi connectivity index (χ3v) is 2.85. The fraction of sp³-hybridized carbons (Fsp3) is 0.923. The van der Waals surface area contributed by atoms with Crippen LogP contribution in [-0.2, 0) is 9.47 Å². The Bertz CT molecular complexity index is 238. The second-order valence-electron chi connectivity index (χ2n) is 5.09. The highest BCUT2D eigenvalue weighted by Gasteiger charge is 2.15. The zero-order valence-corrected chi connectivity index (χ0v) is 11.7. The molecule has 106 valence electrons. The Kier molecular flexibility index (Phi) is 7.76. The Balaban J connectivity index is 1.94. The van der Waals surface area contributed by atoms with Crippen LogP contribution in [0.15, 0.2) is 4.99 Å². The van der Waals surface area contributed by atoms with Crippen molar-refractivity contribution >= 4 is 5.96 Å². The molecule has 1 aliphatic heterocycles. The number of guanidine groups is 1. The molecule has 0 bridgehead atoms. The molecule has 1 atom stereocenters. The van der Waals surface area contributed by atoms with Gasteiger partial charge in [0.05, 0.1) is 12.7 Å². The van der Waals surface area contributed by atoms with Crippen LogP contribution in [0.5, 0.6) is 0 Å². The van der Waals surface area contributed by atoms with E-state index in [9.17, 15) is 0 Å². The van der Waals surface area contributed by atoms with Gasteiger partial charge in [0.1, 0.15) is 0 Å². The van der Waals surface area contributed by atoms with Gasteiger partial charge >= 0.3 is 0 Å². The largest absolute Gasteiger partial charge is 0.379 e. The number of hydrogen-bond acceptors (Lipinski definition) is 3. The summed E-state index contributed by atoms with van der Waals surface area (Å²) in [6.45, 7) is 8.30. The highest BCUT2D eigenvalue weighted by atomic mass is 16.5. The molecular formula is C13H27N3O2. The van der Waals surface area contributed by atoms with Gasteiger partial charge < -0.3 is 20.5 Å². The van der Waals surface area contributed by atoms with E-state index in [0.717, 1.165) is 45.6 Å². The van der Waals surface area contributed by atoms with Crippen molar-refractivity contribution in [2.75, 3.05) is 32.9 Å². The highest BCUT2D eigenvalue weighted by Crippen LogP contribution is 2.07. The first kappa shape index (κ1) is 15.2. The summed E-state index contributed by atoms with van der Waals surface area (Å²) in [5.41, 5.74) is 5.74. The Hall–Kier alpha value is -0.810. The van der Waals surface area contributed by atoms with Gasteiger partial charge in [-0.05, 0) is 25.2 Å². The van der Waals surface area contributed by atoms with Gasteiger partial charge in [0.25, 0.3) is 0 Å². The predicted molar refractivity (Wildman–Crippen MR) is 73.7 cm³/mol. The SMILES string of the molecule is CC(C)CCNC(N)=NCCCOC1CCOC1. The molecule has 5 nitrogen and oxygen atoms in total. The average molecular weight is 257 g/mol. The number of ether oxygens (including phenoxy) is 2. The maximum Gasteiger partial charge on any atom is 0.188 e. The van der Waals surface area contributed by atoms with Crippen molar-refractivity contribution in [1.29, 1.82) is 0 Å². The third kappa shape index (κ3) is 7.50. The van der Waals surface area contributed by atoms with Crippen LogP contribution >= 0.6 is 0 Å². The van der Waals surface area contributed by atoms with Crippen LogP contribution < -0.4 is 11.1 Å². The van der Waals surface area contributed by atoms with Crippen LogP contribution in [0.25, 0.3) is 0 Å². The predicted octanol–water partition coefficient (Wildman–Crippen LogP) is 1.13. The van der Waals surface area contributed by atoms with Crippen molar-refractivity contribution in [3.63, 3.8) is 0 Å². The van der Waals surface area contributed by atoms with E-state index in [0.29, 0.717) is 18.4 Å². The molecule has 0 radical (unpaired) electrons. The Morgan fingerprint density at radius 2 is 2.39 bits per heavy atom. The number of rotatable bonds is 8. The molecule has 1 aliphatic rings. The van der Waals surface area contributed by atoms with Gasteiger partial charge in [-0.3, -0.25) is 4.99 Å². The Labute approximate surface area is 110 Å². The zero-order chi connectivity index (χ0) is 13.2. The van der Waals surface area contributed by atoms with Gasteiger partial charge in [0.15, 0.2) is 5.96 Å². The molecule has 0 saturated carbocycles. The fourth-order valence-corrected chi connectivity index (χ4v) is 1.70. The number of nitrogens with two attached hydrogens (primary N) is 1. The lowest BCUT2D eigenvalue weighted by atomic mass is 10.1. The number of hydrogen-bond donors (Lipinski definition) is 2. The maximum absolute atomic E-state index is 5.74. The van der Waals surface area contributed by atoms with E-state index in [1.807, 2.05) is 0 Å². The first-order valence-corrected chi connectivity index (χ1v) is 6.91. The lowest BCUT2D eigenvalue weighted by Crippen LogP contribution is -2.33. The van der Waals surface area contributed by atoms with Gasteiger partial charge in [-0.15, -0.1) is 0 Å². The van der Waals surface area contributed by atoms with Crippen LogP contribution in [0.2, 0.25) is 0 Å². The Morgan fingerprint density at radius 3 is 3.06 bits per heavy atom. The summed E-state index contributed by atoms with van der Waals surface area (Å²) in [5.74, 6) is 1.23. The smallest absolute Gasteiger partial charge is 0.188 e. The first-order chi connectivity index (χ1) is 8.68. The minimum Gasteiger partial charge on any atom is -0.379 e. The van der Waals surface area contributed by atoms with E-state index in [4.69, 9.17) is 15.2 Å². The average Bonchev–Trinajstić information content (AvgIpc) is 2.81. The van der Waals surface area contributed by atoms with Gasteiger partial charge in [-0.1, -0.05) is 13.8 Å². The molecule has 0 aliphatic carbocycles. The Morgan fingerprint density at radius 1 is 1.56 bits per heavy atom. The van der Waals surface area contributed by atoms with E-state index < -0.39 is 0 Å². The van der Waals surface area contributed by atoms with E-state index in [2.05, 4.69) is 24.2 Å². The van der Waals surface area contributed by atoms with E-state index >= 15 is 0 Å². The summed E-state index contributed by atoms with van der Waals surface area (Å²) in [4.78, 5) is 4.26. The molecule has 1 unspecified atom stereocenters. The number of aliphatic imine (C=N–C) groups is 1. The van der Waals surface area contributed by atoms with Gasteiger partial charge in [0, 0.05) is 26.3 Å². The quantitative estimate of drug-likeness (QED) is 0.388. The zero-order valence-electron chi connectivity index (χ0n) is 11.7. The molecule has 0 aromatic rings. The van der Waals surface area contributed by atoms with Crippen molar-refractivity contribution in [2.45, 2.75) is 39.2 Å².